The summed E-state index contributed by atoms with van der Waals surface area (Å²) in [6.45, 7) is 3.56. The lowest BCUT2D eigenvalue weighted by Crippen LogP contribution is -2.50. The third kappa shape index (κ3) is 4.42. The second-order valence-electron chi connectivity index (χ2n) is 6.85. The normalized spacial score (nSPS) is 26.3. The maximum atomic E-state index is 5.65. The lowest BCUT2D eigenvalue weighted by atomic mass is 9.94. The molecule has 5 nitrogen and oxygen atoms in total. The second kappa shape index (κ2) is 8.81. The summed E-state index contributed by atoms with van der Waals surface area (Å²) in [6.07, 6.45) is 7.95. The van der Waals surface area contributed by atoms with Crippen molar-refractivity contribution in [2.24, 2.45) is 5.92 Å². The van der Waals surface area contributed by atoms with Gasteiger partial charge in [-0.3, -0.25) is 0 Å². The fraction of sp³-hybridized carbons (Fsp3) is 0.526. The molecule has 0 amide bonds. The number of para-hydroxylation sites is 1. The Labute approximate surface area is 155 Å². The Morgan fingerprint density at radius 1 is 1.24 bits per heavy atom. The molecule has 6 heteroatoms. The molecule has 2 fully saturated rings. The first kappa shape index (κ1) is 18.4. The summed E-state index contributed by atoms with van der Waals surface area (Å²) in [5.41, 5.74) is 2.34. The first-order valence-corrected chi connectivity index (χ1v) is 9.03. The Morgan fingerprint density at radius 3 is 2.92 bits per heavy atom. The fourth-order valence-corrected chi connectivity index (χ4v) is 4.01. The van der Waals surface area contributed by atoms with Crippen molar-refractivity contribution in [2.45, 2.75) is 37.9 Å². The zero-order valence-electron chi connectivity index (χ0n) is 14.4. The van der Waals surface area contributed by atoms with Gasteiger partial charge in [-0.2, -0.15) is 5.10 Å². The van der Waals surface area contributed by atoms with Crippen LogP contribution in [-0.4, -0.2) is 41.6 Å². The van der Waals surface area contributed by atoms with Gasteiger partial charge in [-0.25, -0.2) is 4.68 Å². The van der Waals surface area contributed by atoms with Crippen molar-refractivity contribution in [1.29, 1.82) is 0 Å². The minimum Gasteiger partial charge on any atom is -0.379 e. The molecule has 2 aromatic rings. The van der Waals surface area contributed by atoms with Crippen molar-refractivity contribution < 1.29 is 4.74 Å². The first-order valence-electron chi connectivity index (χ1n) is 9.03. The molecule has 1 aliphatic carbocycles. The van der Waals surface area contributed by atoms with Crippen molar-refractivity contribution in [2.75, 3.05) is 19.8 Å². The van der Waals surface area contributed by atoms with Crippen LogP contribution < -0.4 is 10.6 Å². The first-order chi connectivity index (χ1) is 11.9. The van der Waals surface area contributed by atoms with E-state index in [0.717, 1.165) is 32.0 Å². The highest BCUT2D eigenvalue weighted by Gasteiger charge is 2.34. The quantitative estimate of drug-likeness (QED) is 0.858. The lowest BCUT2D eigenvalue weighted by Gasteiger charge is -2.33. The van der Waals surface area contributed by atoms with E-state index in [1.54, 1.807) is 0 Å². The molecular formula is C19H27ClN4O. The van der Waals surface area contributed by atoms with Gasteiger partial charge in [0.15, 0.2) is 0 Å². The molecule has 25 heavy (non-hydrogen) atoms. The number of hydrogen-bond acceptors (Lipinski definition) is 4. The summed E-state index contributed by atoms with van der Waals surface area (Å²) in [7, 11) is 0. The summed E-state index contributed by atoms with van der Waals surface area (Å²) < 4.78 is 7.60. The summed E-state index contributed by atoms with van der Waals surface area (Å²) in [5, 5.41) is 11.9. The lowest BCUT2D eigenvalue weighted by molar-refractivity contribution is 0.0524. The molecule has 1 aromatic carbocycles. The van der Waals surface area contributed by atoms with E-state index in [1.165, 1.54) is 24.8 Å². The van der Waals surface area contributed by atoms with Crippen LogP contribution in [0, 0.1) is 5.92 Å². The third-order valence-corrected chi connectivity index (χ3v) is 5.26. The molecule has 2 N–H and O–H groups in total. The van der Waals surface area contributed by atoms with Gasteiger partial charge in [0.25, 0.3) is 0 Å². The van der Waals surface area contributed by atoms with Gasteiger partial charge in [-0.05, 0) is 30.9 Å². The van der Waals surface area contributed by atoms with Crippen LogP contribution in [0.25, 0.3) is 5.69 Å². The Balaban J connectivity index is 0.00000182. The molecule has 0 radical (unpaired) electrons. The molecule has 0 bridgehead atoms. The molecule has 0 spiro atoms. The Morgan fingerprint density at radius 2 is 2.12 bits per heavy atom. The molecule has 1 aliphatic heterocycles. The minimum absolute atomic E-state index is 0. The van der Waals surface area contributed by atoms with Gasteiger partial charge in [-0.1, -0.05) is 24.6 Å². The van der Waals surface area contributed by atoms with Gasteiger partial charge in [0.1, 0.15) is 0 Å². The SMILES string of the molecule is Cl.c1ccc(-n2cc(CNC3CCCC3C3COCCN3)cn2)cc1. The third-order valence-electron chi connectivity index (χ3n) is 5.26. The molecule has 3 atom stereocenters. The van der Waals surface area contributed by atoms with Crippen molar-refractivity contribution in [1.82, 2.24) is 20.4 Å². The molecule has 3 unspecified atom stereocenters. The van der Waals surface area contributed by atoms with E-state index in [1.807, 2.05) is 29.1 Å². The zero-order chi connectivity index (χ0) is 16.2. The number of ether oxygens (including phenoxy) is 1. The number of benzene rings is 1. The Kier molecular flexibility index (Phi) is 6.48. The Bertz CT molecular complexity index is 642. The second-order valence-corrected chi connectivity index (χ2v) is 6.85. The molecule has 1 saturated carbocycles. The van der Waals surface area contributed by atoms with E-state index < -0.39 is 0 Å². The summed E-state index contributed by atoms with van der Waals surface area (Å²) in [5.74, 6) is 0.675. The van der Waals surface area contributed by atoms with Crippen LogP contribution in [0.3, 0.4) is 0 Å². The maximum Gasteiger partial charge on any atom is 0.0645 e. The van der Waals surface area contributed by atoms with Crippen LogP contribution >= 0.6 is 12.4 Å². The van der Waals surface area contributed by atoms with Crippen LogP contribution in [0.2, 0.25) is 0 Å². The van der Waals surface area contributed by atoms with Crippen LogP contribution in [0.15, 0.2) is 42.7 Å². The van der Waals surface area contributed by atoms with E-state index in [0.29, 0.717) is 18.0 Å². The van der Waals surface area contributed by atoms with Crippen molar-refractivity contribution in [3.63, 3.8) is 0 Å². The largest absolute Gasteiger partial charge is 0.379 e. The van der Waals surface area contributed by atoms with Gasteiger partial charge in [-0.15, -0.1) is 12.4 Å². The number of aromatic nitrogens is 2. The van der Waals surface area contributed by atoms with E-state index >= 15 is 0 Å². The van der Waals surface area contributed by atoms with Crippen molar-refractivity contribution in [3.8, 4) is 5.69 Å². The number of halogens is 1. The average Bonchev–Trinajstić information content (AvgIpc) is 3.31. The molecule has 2 aliphatic rings. The molecule has 2 heterocycles. The predicted octanol–water partition coefficient (Wildman–Crippen LogP) is 2.54. The number of morpholine rings is 1. The molecule has 1 saturated heterocycles. The summed E-state index contributed by atoms with van der Waals surface area (Å²) >= 11 is 0. The number of nitrogens with zero attached hydrogens (tertiary/aromatic N) is 2. The summed E-state index contributed by atoms with van der Waals surface area (Å²) in [4.78, 5) is 0. The van der Waals surface area contributed by atoms with Crippen LogP contribution in [0.5, 0.6) is 0 Å². The monoisotopic (exact) mass is 362 g/mol. The standard InChI is InChI=1S/C19H26N4O.ClH/c1-2-5-16(6-3-1)23-13-15(12-22-23)11-21-18-8-4-7-17(18)19-14-24-10-9-20-19;/h1-3,5-6,12-13,17-21H,4,7-11,14H2;1H. The smallest absolute Gasteiger partial charge is 0.0645 e. The van der Waals surface area contributed by atoms with E-state index in [9.17, 15) is 0 Å². The maximum absolute atomic E-state index is 5.65. The number of hydrogen-bond donors (Lipinski definition) is 2. The van der Waals surface area contributed by atoms with Gasteiger partial charge in [0.05, 0.1) is 25.1 Å². The highest BCUT2D eigenvalue weighted by Crippen LogP contribution is 2.29. The predicted molar refractivity (Wildman–Crippen MR) is 101 cm³/mol. The van der Waals surface area contributed by atoms with Crippen molar-refractivity contribution >= 4 is 12.4 Å². The molecule has 1 aromatic heterocycles. The highest BCUT2D eigenvalue weighted by atomic mass is 35.5. The van der Waals surface area contributed by atoms with E-state index in [-0.39, 0.29) is 12.4 Å². The zero-order valence-corrected chi connectivity index (χ0v) is 15.3. The van der Waals surface area contributed by atoms with Crippen LogP contribution in [0.1, 0.15) is 24.8 Å². The van der Waals surface area contributed by atoms with Crippen LogP contribution in [0.4, 0.5) is 0 Å². The van der Waals surface area contributed by atoms with Gasteiger partial charge in [0.2, 0.25) is 0 Å². The van der Waals surface area contributed by atoms with Crippen LogP contribution in [-0.2, 0) is 11.3 Å². The van der Waals surface area contributed by atoms with Gasteiger partial charge in [0, 0.05) is 36.9 Å². The average molecular weight is 363 g/mol. The molecular weight excluding hydrogens is 336 g/mol. The van der Waals surface area contributed by atoms with Gasteiger partial charge < -0.3 is 15.4 Å². The van der Waals surface area contributed by atoms with Crippen molar-refractivity contribution in [3.05, 3.63) is 48.3 Å². The number of rotatable bonds is 5. The topological polar surface area (TPSA) is 51.1 Å². The number of nitrogens with one attached hydrogen (secondary N) is 2. The fourth-order valence-electron chi connectivity index (χ4n) is 4.01. The van der Waals surface area contributed by atoms with E-state index in [2.05, 4.69) is 34.1 Å². The highest BCUT2D eigenvalue weighted by molar-refractivity contribution is 5.85. The Hall–Kier alpha value is -1.40. The van der Waals surface area contributed by atoms with Gasteiger partial charge >= 0.3 is 0 Å². The molecule has 136 valence electrons. The van der Waals surface area contributed by atoms with E-state index in [4.69, 9.17) is 4.74 Å². The molecule has 4 rings (SSSR count). The minimum atomic E-state index is 0. The summed E-state index contributed by atoms with van der Waals surface area (Å²) in [6, 6.07) is 11.3.